The summed E-state index contributed by atoms with van der Waals surface area (Å²) in [6, 6.07) is 3.70. The van der Waals surface area contributed by atoms with Gasteiger partial charge in [-0.1, -0.05) is 0 Å². The molecular weight excluding hydrogens is 178 g/mol. The number of nitrogens with zero attached hydrogens (tertiary/aromatic N) is 2. The summed E-state index contributed by atoms with van der Waals surface area (Å²) in [7, 11) is 1.86. The zero-order valence-corrected chi connectivity index (χ0v) is 8.32. The number of nitriles is 1. The maximum atomic E-state index is 8.79. The number of nitrogens with one attached hydrogen (secondary N) is 1. The zero-order chi connectivity index (χ0) is 10.4. The van der Waals surface area contributed by atoms with E-state index in [1.54, 1.807) is 18.5 Å². The highest BCUT2D eigenvalue weighted by Crippen LogP contribution is 2.16. The summed E-state index contributed by atoms with van der Waals surface area (Å²) in [6.07, 6.45) is 3.16. The Morgan fingerprint density at radius 1 is 1.71 bits per heavy atom. The highest BCUT2D eigenvalue weighted by molar-refractivity contribution is 5.40. The van der Waals surface area contributed by atoms with Crippen molar-refractivity contribution in [2.75, 3.05) is 13.6 Å². The lowest BCUT2D eigenvalue weighted by atomic mass is 10.2. The van der Waals surface area contributed by atoms with Crippen molar-refractivity contribution in [3.63, 3.8) is 0 Å². The largest absolute Gasteiger partial charge is 0.486 e. The Morgan fingerprint density at radius 3 is 3.14 bits per heavy atom. The number of rotatable bonds is 4. The second-order valence-corrected chi connectivity index (χ2v) is 2.97. The average molecular weight is 191 g/mol. The lowest BCUT2D eigenvalue weighted by Crippen LogP contribution is -2.26. The van der Waals surface area contributed by atoms with Gasteiger partial charge < -0.3 is 10.1 Å². The topological polar surface area (TPSA) is 57.9 Å². The van der Waals surface area contributed by atoms with Gasteiger partial charge in [-0.3, -0.25) is 4.98 Å². The van der Waals surface area contributed by atoms with Gasteiger partial charge in [-0.25, -0.2) is 0 Å². The van der Waals surface area contributed by atoms with E-state index in [0.29, 0.717) is 11.3 Å². The molecule has 0 amide bonds. The standard InChI is InChI=1S/C10H13N3O/c1-8(6-12-2)14-10-7-13-4-3-9(10)5-11/h3-4,7-8,12H,6H2,1-2H3. The molecule has 4 nitrogen and oxygen atoms in total. The molecule has 1 aromatic rings. The van der Waals surface area contributed by atoms with Crippen molar-refractivity contribution in [1.82, 2.24) is 10.3 Å². The van der Waals surface area contributed by atoms with E-state index in [0.717, 1.165) is 6.54 Å². The van der Waals surface area contributed by atoms with Crippen molar-refractivity contribution in [1.29, 1.82) is 5.26 Å². The van der Waals surface area contributed by atoms with Crippen molar-refractivity contribution >= 4 is 0 Å². The highest BCUT2D eigenvalue weighted by Gasteiger charge is 2.06. The molecule has 0 aliphatic heterocycles. The van der Waals surface area contributed by atoms with Crippen LogP contribution in [0.15, 0.2) is 18.5 Å². The zero-order valence-electron chi connectivity index (χ0n) is 8.32. The second-order valence-electron chi connectivity index (χ2n) is 2.97. The number of hydrogen-bond donors (Lipinski definition) is 1. The van der Waals surface area contributed by atoms with E-state index in [9.17, 15) is 0 Å². The van der Waals surface area contributed by atoms with Crippen LogP contribution in [0.5, 0.6) is 5.75 Å². The Morgan fingerprint density at radius 2 is 2.50 bits per heavy atom. The third-order valence-corrected chi connectivity index (χ3v) is 1.72. The van der Waals surface area contributed by atoms with Crippen LogP contribution in [0.1, 0.15) is 12.5 Å². The minimum Gasteiger partial charge on any atom is -0.486 e. The first-order valence-electron chi connectivity index (χ1n) is 4.43. The van der Waals surface area contributed by atoms with Gasteiger partial charge in [0.15, 0.2) is 5.75 Å². The summed E-state index contributed by atoms with van der Waals surface area (Å²) in [5, 5.41) is 11.8. The molecule has 1 heterocycles. The summed E-state index contributed by atoms with van der Waals surface area (Å²) in [5.74, 6) is 0.540. The molecule has 0 radical (unpaired) electrons. The van der Waals surface area contributed by atoms with E-state index in [-0.39, 0.29) is 6.10 Å². The molecule has 0 aliphatic carbocycles. The third-order valence-electron chi connectivity index (χ3n) is 1.72. The second kappa shape index (κ2) is 5.20. The molecular formula is C10H13N3O. The quantitative estimate of drug-likeness (QED) is 0.769. The van der Waals surface area contributed by atoms with Crippen molar-refractivity contribution < 1.29 is 4.74 Å². The fourth-order valence-corrected chi connectivity index (χ4v) is 1.11. The van der Waals surface area contributed by atoms with Crippen LogP contribution >= 0.6 is 0 Å². The molecule has 0 bridgehead atoms. The van der Waals surface area contributed by atoms with Crippen LogP contribution in [0, 0.1) is 11.3 Å². The van der Waals surface area contributed by atoms with Gasteiger partial charge in [0.1, 0.15) is 12.2 Å². The normalized spacial score (nSPS) is 11.8. The number of pyridine rings is 1. The Balaban J connectivity index is 2.71. The maximum absolute atomic E-state index is 8.79. The number of aromatic nitrogens is 1. The molecule has 1 rings (SSSR count). The van der Waals surface area contributed by atoms with E-state index in [4.69, 9.17) is 10.00 Å². The van der Waals surface area contributed by atoms with Gasteiger partial charge in [-0.15, -0.1) is 0 Å². The summed E-state index contributed by atoms with van der Waals surface area (Å²) < 4.78 is 5.53. The molecule has 1 aromatic heterocycles. The van der Waals surface area contributed by atoms with Crippen LogP contribution in [0.25, 0.3) is 0 Å². The van der Waals surface area contributed by atoms with Crippen LogP contribution in [0.4, 0.5) is 0 Å². The van der Waals surface area contributed by atoms with Gasteiger partial charge in [0.05, 0.1) is 11.8 Å². The highest BCUT2D eigenvalue weighted by atomic mass is 16.5. The predicted octanol–water partition coefficient (Wildman–Crippen LogP) is 0.940. The van der Waals surface area contributed by atoms with Gasteiger partial charge in [0.25, 0.3) is 0 Å². The fraction of sp³-hybridized carbons (Fsp3) is 0.400. The Bertz CT molecular complexity index is 332. The number of hydrogen-bond acceptors (Lipinski definition) is 4. The molecule has 0 saturated heterocycles. The molecule has 14 heavy (non-hydrogen) atoms. The molecule has 74 valence electrons. The van der Waals surface area contributed by atoms with Crippen molar-refractivity contribution in [3.8, 4) is 11.8 Å². The van der Waals surface area contributed by atoms with E-state index >= 15 is 0 Å². The summed E-state index contributed by atoms with van der Waals surface area (Å²) in [6.45, 7) is 2.67. The average Bonchev–Trinajstić information content (AvgIpc) is 2.19. The van der Waals surface area contributed by atoms with E-state index in [1.165, 1.54) is 0 Å². The minimum absolute atomic E-state index is 0.0244. The van der Waals surface area contributed by atoms with E-state index < -0.39 is 0 Å². The maximum Gasteiger partial charge on any atom is 0.155 e. The van der Waals surface area contributed by atoms with Crippen molar-refractivity contribution in [3.05, 3.63) is 24.0 Å². The Hall–Kier alpha value is -1.60. The van der Waals surface area contributed by atoms with Gasteiger partial charge in [-0.05, 0) is 20.0 Å². The minimum atomic E-state index is 0.0244. The summed E-state index contributed by atoms with van der Waals surface area (Å²) in [5.41, 5.74) is 0.517. The lowest BCUT2D eigenvalue weighted by molar-refractivity contribution is 0.219. The molecule has 0 aliphatic rings. The molecule has 0 fully saturated rings. The summed E-state index contributed by atoms with van der Waals surface area (Å²) >= 11 is 0. The first kappa shape index (κ1) is 10.5. The van der Waals surface area contributed by atoms with Crippen LogP contribution in [-0.2, 0) is 0 Å². The number of ether oxygens (including phenoxy) is 1. The van der Waals surface area contributed by atoms with Gasteiger partial charge >= 0.3 is 0 Å². The van der Waals surface area contributed by atoms with Gasteiger partial charge in [0, 0.05) is 12.7 Å². The van der Waals surface area contributed by atoms with Crippen LogP contribution in [0.2, 0.25) is 0 Å². The molecule has 1 unspecified atom stereocenters. The van der Waals surface area contributed by atoms with E-state index in [2.05, 4.69) is 16.4 Å². The molecule has 1 N–H and O–H groups in total. The SMILES string of the molecule is CNCC(C)Oc1cnccc1C#N. The van der Waals surface area contributed by atoms with Crippen molar-refractivity contribution in [2.24, 2.45) is 0 Å². The number of likely N-dealkylation sites (N-methyl/N-ethyl adjacent to an activating group) is 1. The fourth-order valence-electron chi connectivity index (χ4n) is 1.11. The van der Waals surface area contributed by atoms with Crippen LogP contribution in [0.3, 0.4) is 0 Å². The third kappa shape index (κ3) is 2.71. The smallest absolute Gasteiger partial charge is 0.155 e. The molecule has 0 spiro atoms. The van der Waals surface area contributed by atoms with E-state index in [1.807, 2.05) is 14.0 Å². The van der Waals surface area contributed by atoms with Crippen LogP contribution in [-0.4, -0.2) is 24.7 Å². The monoisotopic (exact) mass is 191 g/mol. The Labute approximate surface area is 83.5 Å². The lowest BCUT2D eigenvalue weighted by Gasteiger charge is -2.14. The van der Waals surface area contributed by atoms with Crippen molar-refractivity contribution in [2.45, 2.75) is 13.0 Å². The Kier molecular flexibility index (Phi) is 3.89. The van der Waals surface area contributed by atoms with Gasteiger partial charge in [0.2, 0.25) is 0 Å². The molecule has 0 aromatic carbocycles. The molecule has 1 atom stereocenters. The predicted molar refractivity (Wildman–Crippen MR) is 53.0 cm³/mol. The first-order valence-corrected chi connectivity index (χ1v) is 4.43. The molecule has 0 saturated carbocycles. The van der Waals surface area contributed by atoms with Crippen LogP contribution < -0.4 is 10.1 Å². The first-order chi connectivity index (χ1) is 6.77. The van der Waals surface area contributed by atoms with Gasteiger partial charge in [-0.2, -0.15) is 5.26 Å². The summed E-state index contributed by atoms with van der Waals surface area (Å²) in [4.78, 5) is 3.91. The molecule has 4 heteroatoms.